The molecule has 2 atom stereocenters. The predicted molar refractivity (Wildman–Crippen MR) is 67.3 cm³/mol. The lowest BCUT2D eigenvalue weighted by Crippen LogP contribution is -2.21. The Morgan fingerprint density at radius 1 is 1.18 bits per heavy atom. The maximum atomic E-state index is 10.2. The number of ether oxygens (including phenoxy) is 2. The Morgan fingerprint density at radius 2 is 1.71 bits per heavy atom. The zero-order chi connectivity index (χ0) is 12.8. The van der Waals surface area contributed by atoms with Crippen LogP contribution in [0.1, 0.15) is 25.0 Å². The molecule has 0 aliphatic carbocycles. The summed E-state index contributed by atoms with van der Waals surface area (Å²) in [5, 5.41) is 10.2. The van der Waals surface area contributed by atoms with Crippen molar-refractivity contribution in [3.8, 4) is 11.5 Å². The van der Waals surface area contributed by atoms with E-state index in [4.69, 9.17) is 15.2 Å². The number of aliphatic hydroxyl groups is 1. The smallest absolute Gasteiger partial charge is 0.122 e. The monoisotopic (exact) mass is 239 g/mol. The minimum Gasteiger partial charge on any atom is -0.497 e. The highest BCUT2D eigenvalue weighted by Gasteiger charge is 2.19. The first-order valence-corrected chi connectivity index (χ1v) is 5.77. The van der Waals surface area contributed by atoms with Gasteiger partial charge >= 0.3 is 0 Å². The third kappa shape index (κ3) is 3.35. The van der Waals surface area contributed by atoms with Gasteiger partial charge in [-0.2, -0.15) is 0 Å². The van der Waals surface area contributed by atoms with E-state index in [1.807, 2.05) is 19.1 Å². The van der Waals surface area contributed by atoms with E-state index in [1.165, 1.54) is 0 Å². The van der Waals surface area contributed by atoms with Crippen LogP contribution in [0.2, 0.25) is 0 Å². The fraction of sp³-hybridized carbons (Fsp3) is 0.538. The molecule has 0 saturated heterocycles. The minimum atomic E-state index is -0.589. The second kappa shape index (κ2) is 6.47. The molecule has 0 radical (unpaired) electrons. The zero-order valence-electron chi connectivity index (χ0n) is 10.6. The summed E-state index contributed by atoms with van der Waals surface area (Å²) >= 11 is 0. The minimum absolute atomic E-state index is 0.0480. The van der Waals surface area contributed by atoms with Gasteiger partial charge in [0.2, 0.25) is 0 Å². The molecule has 0 saturated carbocycles. The fourth-order valence-electron chi connectivity index (χ4n) is 1.79. The molecule has 1 rings (SSSR count). The van der Waals surface area contributed by atoms with Crippen LogP contribution >= 0.6 is 0 Å². The van der Waals surface area contributed by atoms with E-state index in [-0.39, 0.29) is 5.92 Å². The Morgan fingerprint density at radius 3 is 2.06 bits per heavy atom. The van der Waals surface area contributed by atoms with Crippen molar-refractivity contribution in [2.24, 2.45) is 11.7 Å². The first-order chi connectivity index (χ1) is 8.15. The number of hydrogen-bond donors (Lipinski definition) is 2. The van der Waals surface area contributed by atoms with Gasteiger partial charge in [-0.3, -0.25) is 0 Å². The van der Waals surface area contributed by atoms with Gasteiger partial charge in [-0.05, 0) is 30.7 Å². The Balaban J connectivity index is 3.02. The van der Waals surface area contributed by atoms with Crippen LogP contribution in [0.3, 0.4) is 0 Å². The van der Waals surface area contributed by atoms with Gasteiger partial charge in [0.15, 0.2) is 0 Å². The third-order valence-electron chi connectivity index (χ3n) is 2.99. The highest BCUT2D eigenvalue weighted by Crippen LogP contribution is 2.30. The van der Waals surface area contributed by atoms with Crippen LogP contribution in [0.5, 0.6) is 11.5 Å². The summed E-state index contributed by atoms with van der Waals surface area (Å²) in [5.41, 5.74) is 6.42. The summed E-state index contributed by atoms with van der Waals surface area (Å²) in [5.74, 6) is 1.39. The molecule has 0 bridgehead atoms. The van der Waals surface area contributed by atoms with Crippen LogP contribution in [-0.2, 0) is 0 Å². The SMILES string of the molecule is CCC(CN)C(O)c1cc(OC)cc(OC)c1. The summed E-state index contributed by atoms with van der Waals surface area (Å²) in [6.45, 7) is 2.47. The van der Waals surface area contributed by atoms with Gasteiger partial charge in [0.1, 0.15) is 11.5 Å². The lowest BCUT2D eigenvalue weighted by atomic mass is 9.93. The summed E-state index contributed by atoms with van der Waals surface area (Å²) in [4.78, 5) is 0. The molecule has 0 aliphatic heterocycles. The first kappa shape index (κ1) is 13.8. The molecule has 0 heterocycles. The molecule has 0 aliphatic rings. The van der Waals surface area contributed by atoms with Crippen molar-refractivity contribution < 1.29 is 14.6 Å². The second-order valence-electron chi connectivity index (χ2n) is 3.99. The van der Waals surface area contributed by atoms with E-state index in [9.17, 15) is 5.11 Å². The number of aliphatic hydroxyl groups excluding tert-OH is 1. The van der Waals surface area contributed by atoms with Crippen molar-refractivity contribution in [3.05, 3.63) is 23.8 Å². The second-order valence-corrected chi connectivity index (χ2v) is 3.99. The third-order valence-corrected chi connectivity index (χ3v) is 2.99. The Labute approximate surface area is 102 Å². The van der Waals surface area contributed by atoms with Gasteiger partial charge < -0.3 is 20.3 Å². The molecule has 4 nitrogen and oxygen atoms in total. The van der Waals surface area contributed by atoms with Gasteiger partial charge in [-0.25, -0.2) is 0 Å². The molecule has 4 heteroatoms. The van der Waals surface area contributed by atoms with Crippen LogP contribution < -0.4 is 15.2 Å². The molecule has 17 heavy (non-hydrogen) atoms. The van der Waals surface area contributed by atoms with Crippen molar-refractivity contribution in [2.75, 3.05) is 20.8 Å². The zero-order valence-corrected chi connectivity index (χ0v) is 10.6. The van der Waals surface area contributed by atoms with E-state index in [1.54, 1.807) is 20.3 Å². The average molecular weight is 239 g/mol. The van der Waals surface area contributed by atoms with E-state index in [0.717, 1.165) is 12.0 Å². The highest BCUT2D eigenvalue weighted by molar-refractivity contribution is 5.39. The summed E-state index contributed by atoms with van der Waals surface area (Å²) in [6.07, 6.45) is 0.242. The average Bonchev–Trinajstić information content (AvgIpc) is 2.39. The van der Waals surface area contributed by atoms with Gasteiger partial charge in [-0.15, -0.1) is 0 Å². The van der Waals surface area contributed by atoms with Crippen LogP contribution in [0.25, 0.3) is 0 Å². The quantitative estimate of drug-likeness (QED) is 0.793. The topological polar surface area (TPSA) is 64.7 Å². The number of nitrogens with two attached hydrogens (primary N) is 1. The molecule has 1 aromatic carbocycles. The summed E-state index contributed by atoms with van der Waals surface area (Å²) in [6, 6.07) is 5.40. The molecule has 0 amide bonds. The van der Waals surface area contributed by atoms with E-state index in [0.29, 0.717) is 18.0 Å². The summed E-state index contributed by atoms with van der Waals surface area (Å²) < 4.78 is 10.3. The van der Waals surface area contributed by atoms with Crippen LogP contribution in [0.4, 0.5) is 0 Å². The van der Waals surface area contributed by atoms with Crippen molar-refractivity contribution in [1.82, 2.24) is 0 Å². The normalized spacial score (nSPS) is 14.2. The Bertz CT molecular complexity index is 328. The maximum absolute atomic E-state index is 10.2. The van der Waals surface area contributed by atoms with E-state index >= 15 is 0 Å². The fourth-order valence-corrected chi connectivity index (χ4v) is 1.79. The number of rotatable bonds is 6. The standard InChI is InChI=1S/C13H21NO3/c1-4-9(8-14)13(15)10-5-11(16-2)7-12(6-10)17-3/h5-7,9,13,15H,4,8,14H2,1-3H3. The highest BCUT2D eigenvalue weighted by atomic mass is 16.5. The number of benzene rings is 1. The molecule has 1 aromatic rings. The van der Waals surface area contributed by atoms with Crippen molar-refractivity contribution >= 4 is 0 Å². The van der Waals surface area contributed by atoms with Crippen molar-refractivity contribution in [1.29, 1.82) is 0 Å². The van der Waals surface area contributed by atoms with Gasteiger partial charge in [0, 0.05) is 12.0 Å². The molecule has 0 spiro atoms. The van der Waals surface area contributed by atoms with Crippen molar-refractivity contribution in [3.63, 3.8) is 0 Å². The summed E-state index contributed by atoms with van der Waals surface area (Å²) in [7, 11) is 3.18. The Kier molecular flexibility index (Phi) is 5.25. The van der Waals surface area contributed by atoms with Gasteiger partial charge in [-0.1, -0.05) is 6.92 Å². The lowest BCUT2D eigenvalue weighted by molar-refractivity contribution is 0.109. The molecular formula is C13H21NO3. The molecule has 0 aromatic heterocycles. The lowest BCUT2D eigenvalue weighted by Gasteiger charge is -2.21. The molecule has 0 fully saturated rings. The van der Waals surface area contributed by atoms with E-state index < -0.39 is 6.10 Å². The predicted octanol–water partition coefficient (Wildman–Crippen LogP) is 1.72. The maximum Gasteiger partial charge on any atom is 0.122 e. The van der Waals surface area contributed by atoms with Gasteiger partial charge in [0.25, 0.3) is 0 Å². The Hall–Kier alpha value is -1.26. The molecule has 2 unspecified atom stereocenters. The van der Waals surface area contributed by atoms with Crippen LogP contribution in [0.15, 0.2) is 18.2 Å². The molecule has 3 N–H and O–H groups in total. The van der Waals surface area contributed by atoms with Crippen LogP contribution in [-0.4, -0.2) is 25.9 Å². The molecular weight excluding hydrogens is 218 g/mol. The van der Waals surface area contributed by atoms with Crippen molar-refractivity contribution in [2.45, 2.75) is 19.4 Å². The van der Waals surface area contributed by atoms with Gasteiger partial charge in [0.05, 0.1) is 20.3 Å². The largest absolute Gasteiger partial charge is 0.497 e. The van der Waals surface area contributed by atoms with E-state index in [2.05, 4.69) is 0 Å². The van der Waals surface area contributed by atoms with Crippen LogP contribution in [0, 0.1) is 5.92 Å². The number of hydrogen-bond acceptors (Lipinski definition) is 4. The number of methoxy groups -OCH3 is 2. The molecule has 96 valence electrons. The first-order valence-electron chi connectivity index (χ1n) is 5.77.